The fourth-order valence-corrected chi connectivity index (χ4v) is 3.53. The van der Waals surface area contributed by atoms with E-state index in [4.69, 9.17) is 0 Å². The van der Waals surface area contributed by atoms with E-state index >= 15 is 0 Å². The van der Waals surface area contributed by atoms with E-state index in [-0.39, 0.29) is 0 Å². The van der Waals surface area contributed by atoms with Gasteiger partial charge in [0.05, 0.1) is 6.04 Å². The molecule has 0 radical (unpaired) electrons. The van der Waals surface area contributed by atoms with Gasteiger partial charge in [0.1, 0.15) is 0 Å². The molecule has 0 spiro atoms. The molecule has 2 atom stereocenters. The Balaban J connectivity index is 1.88. The lowest BCUT2D eigenvalue weighted by Crippen LogP contribution is -2.32. The standard InChI is InChI=1S/C15H19NOS/c17-15-8-11(10-18)9-16(15)14-7-3-5-12-4-1-2-6-13(12)14/h1-2,4,6,11,14,18H,3,5,7-10H2/t11?,14-/m0/s1. The fourth-order valence-electron chi connectivity index (χ4n) is 3.28. The average Bonchev–Trinajstić information content (AvgIpc) is 2.79. The summed E-state index contributed by atoms with van der Waals surface area (Å²) in [6.45, 7) is 0.890. The second-order valence-corrected chi connectivity index (χ2v) is 5.77. The Morgan fingerprint density at radius 2 is 2.17 bits per heavy atom. The summed E-state index contributed by atoms with van der Waals surface area (Å²) in [4.78, 5) is 14.2. The molecule has 2 aliphatic rings. The third kappa shape index (κ3) is 2.05. The zero-order chi connectivity index (χ0) is 12.5. The number of aryl methyl sites for hydroxylation is 1. The van der Waals surface area contributed by atoms with Gasteiger partial charge < -0.3 is 4.90 Å². The summed E-state index contributed by atoms with van der Waals surface area (Å²) >= 11 is 4.34. The fraction of sp³-hybridized carbons (Fsp3) is 0.533. The van der Waals surface area contributed by atoms with Crippen molar-refractivity contribution in [1.82, 2.24) is 4.90 Å². The number of amides is 1. The summed E-state index contributed by atoms with van der Waals surface area (Å²) in [5, 5.41) is 0. The van der Waals surface area contributed by atoms with Gasteiger partial charge in [0.2, 0.25) is 5.91 Å². The van der Waals surface area contributed by atoms with E-state index < -0.39 is 0 Å². The maximum absolute atomic E-state index is 12.1. The quantitative estimate of drug-likeness (QED) is 0.812. The van der Waals surface area contributed by atoms with Crippen LogP contribution in [0, 0.1) is 5.92 Å². The number of carbonyl (C=O) groups excluding carboxylic acids is 1. The molecule has 1 aromatic carbocycles. The third-order valence-corrected chi connectivity index (χ3v) is 4.73. The number of carbonyl (C=O) groups is 1. The SMILES string of the molecule is O=C1CC(CS)CN1[C@H]1CCCc2ccccc21. The minimum absolute atomic E-state index is 0.312. The van der Waals surface area contributed by atoms with Crippen molar-refractivity contribution >= 4 is 18.5 Å². The van der Waals surface area contributed by atoms with Crippen molar-refractivity contribution in [2.24, 2.45) is 5.92 Å². The van der Waals surface area contributed by atoms with Crippen molar-refractivity contribution in [1.29, 1.82) is 0 Å². The lowest BCUT2D eigenvalue weighted by Gasteiger charge is -2.33. The second-order valence-electron chi connectivity index (χ2n) is 5.41. The maximum atomic E-state index is 12.1. The first-order valence-corrected chi connectivity index (χ1v) is 7.41. The smallest absolute Gasteiger partial charge is 0.223 e. The van der Waals surface area contributed by atoms with Crippen LogP contribution in [0.2, 0.25) is 0 Å². The van der Waals surface area contributed by atoms with Crippen LogP contribution in [0.3, 0.4) is 0 Å². The van der Waals surface area contributed by atoms with Crippen molar-refractivity contribution in [3.8, 4) is 0 Å². The lowest BCUT2D eigenvalue weighted by atomic mass is 9.87. The first-order chi connectivity index (χ1) is 8.79. The molecule has 18 heavy (non-hydrogen) atoms. The summed E-state index contributed by atoms with van der Waals surface area (Å²) in [5.41, 5.74) is 2.80. The molecule has 1 aliphatic heterocycles. The summed E-state index contributed by atoms with van der Waals surface area (Å²) in [5.74, 6) is 1.57. The van der Waals surface area contributed by atoms with Crippen molar-refractivity contribution in [3.05, 3.63) is 35.4 Å². The molecule has 0 bridgehead atoms. The largest absolute Gasteiger partial charge is 0.335 e. The molecule has 0 N–H and O–H groups in total. The Labute approximate surface area is 114 Å². The molecule has 1 unspecified atom stereocenters. The van der Waals surface area contributed by atoms with Gasteiger partial charge in [-0.15, -0.1) is 0 Å². The topological polar surface area (TPSA) is 20.3 Å². The molecule has 1 aliphatic carbocycles. The maximum Gasteiger partial charge on any atom is 0.223 e. The monoisotopic (exact) mass is 261 g/mol. The van der Waals surface area contributed by atoms with Crippen LogP contribution in [0.4, 0.5) is 0 Å². The Kier molecular flexibility index (Phi) is 3.33. The average molecular weight is 261 g/mol. The summed E-state index contributed by atoms with van der Waals surface area (Å²) in [6.07, 6.45) is 4.14. The molecule has 1 fully saturated rings. The van der Waals surface area contributed by atoms with Gasteiger partial charge in [-0.2, -0.15) is 12.6 Å². The Morgan fingerprint density at radius 3 is 2.94 bits per heavy atom. The van der Waals surface area contributed by atoms with E-state index in [9.17, 15) is 4.79 Å². The first-order valence-electron chi connectivity index (χ1n) is 6.77. The van der Waals surface area contributed by atoms with E-state index in [1.165, 1.54) is 17.5 Å². The van der Waals surface area contributed by atoms with Gasteiger partial charge in [-0.25, -0.2) is 0 Å². The van der Waals surface area contributed by atoms with Gasteiger partial charge in [-0.1, -0.05) is 24.3 Å². The van der Waals surface area contributed by atoms with Gasteiger partial charge in [0.25, 0.3) is 0 Å². The van der Waals surface area contributed by atoms with Crippen LogP contribution in [0.5, 0.6) is 0 Å². The lowest BCUT2D eigenvalue weighted by molar-refractivity contribution is -0.130. The third-order valence-electron chi connectivity index (χ3n) is 4.21. The molecule has 0 aromatic heterocycles. The zero-order valence-corrected chi connectivity index (χ0v) is 11.4. The van der Waals surface area contributed by atoms with Crippen LogP contribution < -0.4 is 0 Å². The number of fused-ring (bicyclic) bond motifs is 1. The van der Waals surface area contributed by atoms with E-state index in [2.05, 4.69) is 41.8 Å². The predicted molar refractivity (Wildman–Crippen MR) is 75.8 cm³/mol. The minimum Gasteiger partial charge on any atom is -0.335 e. The Bertz CT molecular complexity index is 460. The Hall–Kier alpha value is -0.960. The highest BCUT2D eigenvalue weighted by Gasteiger charge is 2.35. The Morgan fingerprint density at radius 1 is 1.33 bits per heavy atom. The highest BCUT2D eigenvalue weighted by atomic mass is 32.1. The van der Waals surface area contributed by atoms with Crippen LogP contribution in [-0.2, 0) is 11.2 Å². The number of thiol groups is 1. The number of nitrogens with zero attached hydrogens (tertiary/aromatic N) is 1. The number of likely N-dealkylation sites (tertiary alicyclic amines) is 1. The van der Waals surface area contributed by atoms with Gasteiger partial charge >= 0.3 is 0 Å². The summed E-state index contributed by atoms with van der Waals surface area (Å²) in [6, 6.07) is 8.91. The van der Waals surface area contributed by atoms with E-state index in [1.807, 2.05) is 0 Å². The van der Waals surface area contributed by atoms with Gasteiger partial charge in [-0.05, 0) is 42.1 Å². The van der Waals surface area contributed by atoms with Crippen molar-refractivity contribution in [3.63, 3.8) is 0 Å². The van der Waals surface area contributed by atoms with Crippen LogP contribution in [0.25, 0.3) is 0 Å². The molecule has 96 valence electrons. The van der Waals surface area contributed by atoms with Gasteiger partial charge in [0.15, 0.2) is 0 Å². The second kappa shape index (κ2) is 4.96. The highest BCUT2D eigenvalue weighted by Crippen LogP contribution is 2.37. The summed E-state index contributed by atoms with van der Waals surface area (Å²) in [7, 11) is 0. The van der Waals surface area contributed by atoms with E-state index in [0.29, 0.717) is 24.3 Å². The van der Waals surface area contributed by atoms with Crippen LogP contribution in [-0.4, -0.2) is 23.1 Å². The molecule has 1 saturated heterocycles. The minimum atomic E-state index is 0.312. The van der Waals surface area contributed by atoms with Crippen LogP contribution >= 0.6 is 12.6 Å². The number of benzene rings is 1. The molecular weight excluding hydrogens is 242 g/mol. The number of hydrogen-bond donors (Lipinski definition) is 1. The normalized spacial score (nSPS) is 27.4. The first kappa shape index (κ1) is 12.1. The van der Waals surface area contributed by atoms with E-state index in [1.54, 1.807) is 0 Å². The van der Waals surface area contributed by atoms with Crippen LogP contribution in [0.1, 0.15) is 36.4 Å². The van der Waals surface area contributed by atoms with Gasteiger partial charge in [0, 0.05) is 13.0 Å². The van der Waals surface area contributed by atoms with E-state index in [0.717, 1.165) is 25.1 Å². The van der Waals surface area contributed by atoms with Crippen molar-refractivity contribution < 1.29 is 4.79 Å². The molecule has 1 aromatic rings. The van der Waals surface area contributed by atoms with Gasteiger partial charge in [-0.3, -0.25) is 4.79 Å². The van der Waals surface area contributed by atoms with Crippen LogP contribution in [0.15, 0.2) is 24.3 Å². The highest BCUT2D eigenvalue weighted by molar-refractivity contribution is 7.80. The molecule has 3 heteroatoms. The molecule has 2 nitrogen and oxygen atoms in total. The molecular formula is C15H19NOS. The molecule has 1 heterocycles. The number of rotatable bonds is 2. The zero-order valence-electron chi connectivity index (χ0n) is 10.5. The molecule has 3 rings (SSSR count). The number of hydrogen-bond acceptors (Lipinski definition) is 2. The summed E-state index contributed by atoms with van der Waals surface area (Å²) < 4.78 is 0. The van der Waals surface area contributed by atoms with Crippen molar-refractivity contribution in [2.75, 3.05) is 12.3 Å². The molecule has 0 saturated carbocycles. The van der Waals surface area contributed by atoms with Crippen molar-refractivity contribution in [2.45, 2.75) is 31.7 Å². The molecule has 1 amide bonds. The predicted octanol–water partition coefficient (Wildman–Crippen LogP) is 2.84.